The maximum Gasteiger partial charge on any atom is 0.169 e. The lowest BCUT2D eigenvalue weighted by molar-refractivity contribution is -0.115. The van der Waals surface area contributed by atoms with Crippen molar-refractivity contribution < 1.29 is 14.2 Å². The Balaban J connectivity index is 2.18. The van der Waals surface area contributed by atoms with Crippen LogP contribution in [0.4, 0.5) is 0 Å². The molecule has 0 N–H and O–H groups in total. The van der Waals surface area contributed by atoms with Crippen LogP contribution in [0.2, 0.25) is 0 Å². The van der Waals surface area contributed by atoms with Crippen molar-refractivity contribution in [2.75, 3.05) is 47.6 Å². The van der Waals surface area contributed by atoms with Crippen LogP contribution in [0.15, 0.2) is 0 Å². The first kappa shape index (κ1) is 12.9. The van der Waals surface area contributed by atoms with Gasteiger partial charge in [-0.15, -0.1) is 0 Å². The highest BCUT2D eigenvalue weighted by Gasteiger charge is 2.17. The lowest BCUT2D eigenvalue weighted by atomic mass is 10.0. The molecule has 0 aliphatic carbocycles. The number of likely N-dealkylation sites (N-methyl/N-ethyl adjacent to an activating group) is 1. The van der Waals surface area contributed by atoms with Crippen molar-refractivity contribution in [2.24, 2.45) is 5.92 Å². The van der Waals surface area contributed by atoms with Crippen molar-refractivity contribution in [3.63, 3.8) is 0 Å². The fourth-order valence-electron chi connectivity index (χ4n) is 1.97. The molecule has 0 aromatic rings. The van der Waals surface area contributed by atoms with Crippen LogP contribution in [0, 0.1) is 5.92 Å². The van der Waals surface area contributed by atoms with E-state index in [1.165, 1.54) is 12.8 Å². The van der Waals surface area contributed by atoms with Gasteiger partial charge in [0.2, 0.25) is 0 Å². The molecule has 4 nitrogen and oxygen atoms in total. The summed E-state index contributed by atoms with van der Waals surface area (Å²) in [7, 11) is 5.44. The van der Waals surface area contributed by atoms with Crippen molar-refractivity contribution in [1.82, 2.24) is 4.90 Å². The van der Waals surface area contributed by atoms with E-state index in [1.807, 2.05) is 0 Å². The van der Waals surface area contributed by atoms with E-state index in [9.17, 15) is 0 Å². The van der Waals surface area contributed by atoms with E-state index in [-0.39, 0.29) is 6.29 Å². The van der Waals surface area contributed by atoms with Crippen LogP contribution in [0.25, 0.3) is 0 Å². The zero-order chi connectivity index (χ0) is 11.1. The van der Waals surface area contributed by atoms with Crippen molar-refractivity contribution in [3.05, 3.63) is 0 Å². The quantitative estimate of drug-likeness (QED) is 0.620. The Kier molecular flexibility index (Phi) is 6.17. The first-order valence-electron chi connectivity index (χ1n) is 5.58. The van der Waals surface area contributed by atoms with Crippen LogP contribution < -0.4 is 0 Å². The maximum absolute atomic E-state index is 5.45. The first-order valence-corrected chi connectivity index (χ1v) is 5.58. The molecule has 1 aliphatic heterocycles. The van der Waals surface area contributed by atoms with E-state index >= 15 is 0 Å². The predicted molar refractivity (Wildman–Crippen MR) is 58.8 cm³/mol. The van der Waals surface area contributed by atoms with Gasteiger partial charge in [0.15, 0.2) is 6.29 Å². The highest BCUT2D eigenvalue weighted by molar-refractivity contribution is 4.67. The van der Waals surface area contributed by atoms with E-state index in [2.05, 4.69) is 11.9 Å². The summed E-state index contributed by atoms with van der Waals surface area (Å²) in [6.07, 6.45) is 2.34. The van der Waals surface area contributed by atoms with E-state index in [0.717, 1.165) is 26.3 Å². The standard InChI is InChI=1S/C11H23NO3/c1-12(8-11(13-2)14-3)7-10-5-4-6-15-9-10/h10-11H,4-9H2,1-3H3. The summed E-state index contributed by atoms with van der Waals surface area (Å²) in [6, 6.07) is 0. The molecule has 1 aliphatic rings. The van der Waals surface area contributed by atoms with Gasteiger partial charge in [-0.2, -0.15) is 0 Å². The van der Waals surface area contributed by atoms with Crippen molar-refractivity contribution in [2.45, 2.75) is 19.1 Å². The molecule has 15 heavy (non-hydrogen) atoms. The first-order chi connectivity index (χ1) is 7.26. The van der Waals surface area contributed by atoms with E-state index in [4.69, 9.17) is 14.2 Å². The molecule has 1 fully saturated rings. The summed E-state index contributed by atoms with van der Waals surface area (Å²) < 4.78 is 15.8. The van der Waals surface area contributed by atoms with Crippen LogP contribution in [0.1, 0.15) is 12.8 Å². The Morgan fingerprint density at radius 1 is 1.40 bits per heavy atom. The van der Waals surface area contributed by atoms with E-state index < -0.39 is 0 Å². The molecule has 0 aromatic heterocycles. The van der Waals surface area contributed by atoms with Crippen molar-refractivity contribution in [3.8, 4) is 0 Å². The molecule has 1 rings (SSSR count). The number of nitrogens with zero attached hydrogens (tertiary/aromatic N) is 1. The van der Waals surface area contributed by atoms with Gasteiger partial charge >= 0.3 is 0 Å². The fraction of sp³-hybridized carbons (Fsp3) is 1.00. The molecule has 1 unspecified atom stereocenters. The van der Waals surface area contributed by atoms with Crippen LogP contribution in [0.5, 0.6) is 0 Å². The number of rotatable bonds is 6. The number of ether oxygens (including phenoxy) is 3. The molecule has 0 spiro atoms. The van der Waals surface area contributed by atoms with Gasteiger partial charge in [0.25, 0.3) is 0 Å². The minimum absolute atomic E-state index is 0.125. The molecule has 1 saturated heterocycles. The average Bonchev–Trinajstić information content (AvgIpc) is 2.27. The third-order valence-corrected chi connectivity index (χ3v) is 2.81. The highest BCUT2D eigenvalue weighted by Crippen LogP contribution is 2.14. The Morgan fingerprint density at radius 2 is 2.13 bits per heavy atom. The molecule has 0 saturated carbocycles. The molecule has 90 valence electrons. The van der Waals surface area contributed by atoms with Crippen molar-refractivity contribution in [1.29, 1.82) is 0 Å². The highest BCUT2D eigenvalue weighted by atomic mass is 16.7. The summed E-state index contributed by atoms with van der Waals surface area (Å²) in [5.74, 6) is 0.665. The molecule has 0 amide bonds. The monoisotopic (exact) mass is 217 g/mol. The number of hydrogen-bond donors (Lipinski definition) is 0. The number of methoxy groups -OCH3 is 2. The van der Waals surface area contributed by atoms with Gasteiger partial charge in [0.05, 0.1) is 6.61 Å². The van der Waals surface area contributed by atoms with Crippen LogP contribution >= 0.6 is 0 Å². The van der Waals surface area contributed by atoms with Crippen LogP contribution in [-0.4, -0.2) is 58.8 Å². The largest absolute Gasteiger partial charge is 0.381 e. The molecular weight excluding hydrogens is 194 g/mol. The Hall–Kier alpha value is -0.160. The Labute approximate surface area is 92.5 Å². The molecule has 0 bridgehead atoms. The third-order valence-electron chi connectivity index (χ3n) is 2.81. The predicted octanol–water partition coefficient (Wildman–Crippen LogP) is 0.964. The zero-order valence-electron chi connectivity index (χ0n) is 10.1. The van der Waals surface area contributed by atoms with Gasteiger partial charge in [0, 0.05) is 33.9 Å². The van der Waals surface area contributed by atoms with Gasteiger partial charge < -0.3 is 19.1 Å². The normalized spacial score (nSPS) is 22.6. The zero-order valence-corrected chi connectivity index (χ0v) is 10.1. The van der Waals surface area contributed by atoms with Gasteiger partial charge in [0.1, 0.15) is 0 Å². The Morgan fingerprint density at radius 3 is 2.67 bits per heavy atom. The second-order valence-electron chi connectivity index (χ2n) is 4.21. The number of hydrogen-bond acceptors (Lipinski definition) is 4. The summed E-state index contributed by atoms with van der Waals surface area (Å²) in [4.78, 5) is 2.25. The van der Waals surface area contributed by atoms with Gasteiger partial charge in [-0.05, 0) is 25.8 Å². The molecule has 0 aromatic carbocycles. The molecule has 4 heteroatoms. The SMILES string of the molecule is COC(CN(C)CC1CCCOC1)OC. The summed E-state index contributed by atoms with van der Waals surface area (Å²) >= 11 is 0. The van der Waals surface area contributed by atoms with Gasteiger partial charge in [-0.1, -0.05) is 0 Å². The average molecular weight is 217 g/mol. The fourth-order valence-corrected chi connectivity index (χ4v) is 1.97. The minimum atomic E-state index is -0.125. The van der Waals surface area contributed by atoms with Crippen LogP contribution in [-0.2, 0) is 14.2 Å². The smallest absolute Gasteiger partial charge is 0.169 e. The molecule has 0 radical (unpaired) electrons. The minimum Gasteiger partial charge on any atom is -0.381 e. The summed E-state index contributed by atoms with van der Waals surface area (Å²) in [6.45, 7) is 3.70. The van der Waals surface area contributed by atoms with Crippen LogP contribution in [0.3, 0.4) is 0 Å². The second-order valence-corrected chi connectivity index (χ2v) is 4.21. The summed E-state index contributed by atoms with van der Waals surface area (Å²) in [5.41, 5.74) is 0. The second kappa shape index (κ2) is 7.17. The van der Waals surface area contributed by atoms with E-state index in [1.54, 1.807) is 14.2 Å². The lowest BCUT2D eigenvalue weighted by Gasteiger charge is -2.28. The molecule has 1 atom stereocenters. The molecule has 1 heterocycles. The summed E-state index contributed by atoms with van der Waals surface area (Å²) in [5, 5.41) is 0. The van der Waals surface area contributed by atoms with Gasteiger partial charge in [-0.25, -0.2) is 0 Å². The maximum atomic E-state index is 5.45. The van der Waals surface area contributed by atoms with E-state index in [0.29, 0.717) is 5.92 Å². The van der Waals surface area contributed by atoms with Gasteiger partial charge in [-0.3, -0.25) is 0 Å². The lowest BCUT2D eigenvalue weighted by Crippen LogP contribution is -2.37. The Bertz CT molecular complexity index is 156. The topological polar surface area (TPSA) is 30.9 Å². The van der Waals surface area contributed by atoms with Crippen molar-refractivity contribution >= 4 is 0 Å². The molecular formula is C11H23NO3. The third kappa shape index (κ3) is 4.93.